The minimum Gasteiger partial charge on any atom is -0.465 e. The average Bonchev–Trinajstić information content (AvgIpc) is 3.22. The largest absolute Gasteiger partial charge is 0.465 e. The zero-order valence-electron chi connectivity index (χ0n) is 18.3. The number of esters is 1. The number of rotatable bonds is 6. The van der Waals surface area contributed by atoms with Gasteiger partial charge in [-0.3, -0.25) is 4.79 Å². The smallest absolute Gasteiger partial charge is 0.339 e. The Morgan fingerprint density at radius 1 is 1.24 bits per heavy atom. The Labute approximate surface area is 201 Å². The van der Waals surface area contributed by atoms with Gasteiger partial charge in [0, 0.05) is 22.0 Å². The van der Waals surface area contributed by atoms with Crippen molar-refractivity contribution in [3.05, 3.63) is 69.7 Å². The second-order valence-electron chi connectivity index (χ2n) is 7.55. The first-order chi connectivity index (χ1) is 16.0. The summed E-state index contributed by atoms with van der Waals surface area (Å²) in [6, 6.07) is 14.1. The first-order valence-corrected chi connectivity index (χ1v) is 11.7. The van der Waals surface area contributed by atoms with Gasteiger partial charge in [0.2, 0.25) is 5.91 Å². The molecule has 0 bridgehead atoms. The summed E-state index contributed by atoms with van der Waals surface area (Å²) in [6.45, 7) is 3.49. The average molecular weight is 486 g/mol. The maximum absolute atomic E-state index is 13.2. The van der Waals surface area contributed by atoms with Crippen molar-refractivity contribution in [2.75, 3.05) is 31.8 Å². The summed E-state index contributed by atoms with van der Waals surface area (Å²) in [5, 5.41) is 4.57. The van der Waals surface area contributed by atoms with Crippen LogP contribution >= 0.6 is 22.9 Å². The molecule has 1 unspecified atom stereocenters. The van der Waals surface area contributed by atoms with Crippen LogP contribution in [-0.4, -0.2) is 49.8 Å². The Morgan fingerprint density at radius 2 is 2.00 bits per heavy atom. The maximum Gasteiger partial charge on any atom is 0.339 e. The van der Waals surface area contributed by atoms with Crippen molar-refractivity contribution in [2.24, 2.45) is 0 Å². The van der Waals surface area contributed by atoms with E-state index < -0.39 is 12.0 Å². The van der Waals surface area contributed by atoms with Gasteiger partial charge in [0.05, 0.1) is 43.8 Å². The number of hydrogen-bond donors (Lipinski definition) is 1. The number of ether oxygens (including phenoxy) is 2. The number of benzene rings is 2. The normalized spacial score (nSPS) is 15.8. The highest BCUT2D eigenvalue weighted by molar-refractivity contribution is 7.15. The van der Waals surface area contributed by atoms with Gasteiger partial charge < -0.3 is 19.7 Å². The van der Waals surface area contributed by atoms with E-state index in [-0.39, 0.29) is 12.5 Å². The number of carbonyl (C=O) groups is 2. The van der Waals surface area contributed by atoms with E-state index in [9.17, 15) is 9.59 Å². The molecule has 0 saturated carbocycles. The second kappa shape index (κ2) is 10.3. The predicted molar refractivity (Wildman–Crippen MR) is 129 cm³/mol. The summed E-state index contributed by atoms with van der Waals surface area (Å²) >= 11 is 7.52. The summed E-state index contributed by atoms with van der Waals surface area (Å²) in [7, 11) is 1.35. The van der Waals surface area contributed by atoms with E-state index in [0.29, 0.717) is 36.0 Å². The van der Waals surface area contributed by atoms with Crippen molar-refractivity contribution >= 4 is 40.5 Å². The molecule has 2 aromatic carbocycles. The van der Waals surface area contributed by atoms with E-state index in [1.807, 2.05) is 48.2 Å². The number of nitrogens with one attached hydrogen (secondary N) is 1. The fourth-order valence-electron chi connectivity index (χ4n) is 3.71. The van der Waals surface area contributed by atoms with Crippen LogP contribution in [0.25, 0.3) is 10.6 Å². The zero-order chi connectivity index (χ0) is 23.4. The minimum absolute atomic E-state index is 0.171. The van der Waals surface area contributed by atoms with Crippen LogP contribution in [0.2, 0.25) is 5.02 Å². The van der Waals surface area contributed by atoms with Gasteiger partial charge >= 0.3 is 5.97 Å². The molecule has 7 nitrogen and oxygen atoms in total. The molecule has 2 heterocycles. The zero-order valence-corrected chi connectivity index (χ0v) is 19.9. The number of carbonyl (C=O) groups excluding carboxylic acids is 2. The van der Waals surface area contributed by atoms with Crippen LogP contribution < -0.4 is 10.2 Å². The fraction of sp³-hybridized carbons (Fsp3) is 0.292. The molecule has 1 N–H and O–H groups in total. The third-order valence-corrected chi connectivity index (χ3v) is 6.92. The minimum atomic E-state index is -0.562. The topological polar surface area (TPSA) is 80.8 Å². The monoisotopic (exact) mass is 485 g/mol. The second-order valence-corrected chi connectivity index (χ2v) is 9.07. The lowest BCUT2D eigenvalue weighted by Crippen LogP contribution is -2.54. The van der Waals surface area contributed by atoms with Crippen molar-refractivity contribution in [1.29, 1.82) is 0 Å². The Kier molecular flexibility index (Phi) is 7.27. The SMILES string of the molecule is COC(=O)c1ccccc1N1CCOCC1C(=O)NCc1sc(-c2ccc(Cl)cc2)nc1C. The van der Waals surface area contributed by atoms with Crippen molar-refractivity contribution in [2.45, 2.75) is 19.5 Å². The van der Waals surface area contributed by atoms with Crippen LogP contribution in [0, 0.1) is 6.92 Å². The highest BCUT2D eigenvalue weighted by Gasteiger charge is 2.32. The Morgan fingerprint density at radius 3 is 2.76 bits per heavy atom. The number of methoxy groups -OCH3 is 1. The molecule has 1 aliphatic heterocycles. The molecular weight excluding hydrogens is 462 g/mol. The lowest BCUT2D eigenvalue weighted by molar-refractivity contribution is -0.124. The summed E-state index contributed by atoms with van der Waals surface area (Å²) in [4.78, 5) is 32.9. The number of morpholine rings is 1. The number of hydrogen-bond acceptors (Lipinski definition) is 7. The molecule has 172 valence electrons. The molecule has 1 fully saturated rings. The molecule has 1 aromatic heterocycles. The highest BCUT2D eigenvalue weighted by Crippen LogP contribution is 2.29. The van der Waals surface area contributed by atoms with Gasteiger partial charge in [-0.25, -0.2) is 9.78 Å². The number of para-hydroxylation sites is 1. The third kappa shape index (κ3) is 5.19. The van der Waals surface area contributed by atoms with Gasteiger partial charge in [-0.2, -0.15) is 0 Å². The molecule has 1 atom stereocenters. The quantitative estimate of drug-likeness (QED) is 0.530. The molecule has 3 aromatic rings. The van der Waals surface area contributed by atoms with Crippen LogP contribution in [0.1, 0.15) is 20.9 Å². The van der Waals surface area contributed by atoms with E-state index in [1.54, 1.807) is 12.1 Å². The van der Waals surface area contributed by atoms with E-state index in [0.717, 1.165) is 21.1 Å². The summed E-state index contributed by atoms with van der Waals surface area (Å²) in [6.07, 6.45) is 0. The van der Waals surface area contributed by atoms with Crippen LogP contribution in [0.5, 0.6) is 0 Å². The number of aromatic nitrogens is 1. The van der Waals surface area contributed by atoms with E-state index in [1.165, 1.54) is 18.4 Å². The molecular formula is C24H24ClN3O4S. The fourth-order valence-corrected chi connectivity index (χ4v) is 4.84. The van der Waals surface area contributed by atoms with Crippen molar-refractivity contribution in [1.82, 2.24) is 10.3 Å². The number of amides is 1. The number of nitrogens with zero attached hydrogens (tertiary/aromatic N) is 2. The third-order valence-electron chi connectivity index (χ3n) is 5.46. The lowest BCUT2D eigenvalue weighted by Gasteiger charge is -2.37. The van der Waals surface area contributed by atoms with Crippen LogP contribution in [0.4, 0.5) is 5.69 Å². The number of anilines is 1. The molecule has 0 spiro atoms. The molecule has 33 heavy (non-hydrogen) atoms. The first kappa shape index (κ1) is 23.2. The maximum atomic E-state index is 13.2. The predicted octanol–water partition coefficient (Wildman–Crippen LogP) is 4.08. The molecule has 1 amide bonds. The molecule has 4 rings (SSSR count). The van der Waals surface area contributed by atoms with Crippen molar-refractivity contribution in [3.8, 4) is 10.6 Å². The number of halogens is 1. The summed E-state index contributed by atoms with van der Waals surface area (Å²) < 4.78 is 10.5. The first-order valence-electron chi connectivity index (χ1n) is 10.5. The number of aryl methyl sites for hydroxylation is 1. The Balaban J connectivity index is 1.49. The van der Waals surface area contributed by atoms with Crippen LogP contribution in [0.3, 0.4) is 0 Å². The summed E-state index contributed by atoms with van der Waals surface area (Å²) in [5.74, 6) is -0.610. The number of thiazole rings is 1. The molecule has 9 heteroatoms. The van der Waals surface area contributed by atoms with Crippen molar-refractivity contribution < 1.29 is 19.1 Å². The van der Waals surface area contributed by atoms with Gasteiger partial charge in [-0.15, -0.1) is 11.3 Å². The van der Waals surface area contributed by atoms with Gasteiger partial charge in [-0.05, 0) is 31.2 Å². The molecule has 1 saturated heterocycles. The molecule has 0 aliphatic carbocycles. The van der Waals surface area contributed by atoms with Gasteiger partial charge in [-0.1, -0.05) is 35.9 Å². The Bertz CT molecular complexity index is 1150. The highest BCUT2D eigenvalue weighted by atomic mass is 35.5. The summed E-state index contributed by atoms with van der Waals surface area (Å²) in [5.41, 5.74) is 2.94. The van der Waals surface area contributed by atoms with Gasteiger partial charge in [0.25, 0.3) is 0 Å². The van der Waals surface area contributed by atoms with E-state index >= 15 is 0 Å². The van der Waals surface area contributed by atoms with E-state index in [4.69, 9.17) is 21.1 Å². The van der Waals surface area contributed by atoms with Crippen LogP contribution in [-0.2, 0) is 20.8 Å². The van der Waals surface area contributed by atoms with Crippen molar-refractivity contribution in [3.63, 3.8) is 0 Å². The van der Waals surface area contributed by atoms with E-state index in [2.05, 4.69) is 10.3 Å². The van der Waals surface area contributed by atoms with Crippen LogP contribution in [0.15, 0.2) is 48.5 Å². The lowest BCUT2D eigenvalue weighted by atomic mass is 10.1. The Hall–Kier alpha value is -2.94. The molecule has 0 radical (unpaired) electrons. The van der Waals surface area contributed by atoms with Gasteiger partial charge in [0.1, 0.15) is 11.0 Å². The standard InChI is InChI=1S/C24H24ClN3O4S/c1-15-21(33-23(27-15)16-7-9-17(25)10-8-16)13-26-22(29)20-14-32-12-11-28(20)19-6-4-3-5-18(19)24(30)31-2/h3-10,20H,11-14H2,1-2H3,(H,26,29). The van der Waals surface area contributed by atoms with Gasteiger partial charge in [0.15, 0.2) is 0 Å². The molecule has 1 aliphatic rings.